The van der Waals surface area contributed by atoms with Crippen LogP contribution in [0.2, 0.25) is 5.02 Å². The van der Waals surface area contributed by atoms with Crippen LogP contribution in [-0.4, -0.2) is 30.4 Å². The largest absolute Gasteiger partial charge is 0.353 e. The second kappa shape index (κ2) is 7.87. The zero-order valence-corrected chi connectivity index (χ0v) is 12.6. The number of nitrogens with one attached hydrogen (secondary N) is 3. The van der Waals surface area contributed by atoms with E-state index in [1.807, 2.05) is 13.8 Å². The first-order chi connectivity index (χ1) is 9.38. The van der Waals surface area contributed by atoms with Crippen LogP contribution in [-0.2, 0) is 9.59 Å². The van der Waals surface area contributed by atoms with Crippen LogP contribution in [0.4, 0.5) is 5.69 Å². The van der Waals surface area contributed by atoms with Gasteiger partial charge in [0, 0.05) is 16.8 Å². The van der Waals surface area contributed by atoms with Gasteiger partial charge in [0.05, 0.1) is 12.6 Å². The van der Waals surface area contributed by atoms with Crippen molar-refractivity contribution in [3.8, 4) is 0 Å². The van der Waals surface area contributed by atoms with Gasteiger partial charge < -0.3 is 10.6 Å². The number of hydrogen-bond donors (Lipinski definition) is 3. The van der Waals surface area contributed by atoms with Crippen LogP contribution in [0.5, 0.6) is 0 Å². The Kier molecular flexibility index (Phi) is 6.48. The zero-order valence-electron chi connectivity index (χ0n) is 11.9. The summed E-state index contributed by atoms with van der Waals surface area (Å²) < 4.78 is 0. The van der Waals surface area contributed by atoms with Crippen molar-refractivity contribution in [3.63, 3.8) is 0 Å². The van der Waals surface area contributed by atoms with Gasteiger partial charge in [0.1, 0.15) is 0 Å². The van der Waals surface area contributed by atoms with E-state index in [1.54, 1.807) is 31.2 Å². The van der Waals surface area contributed by atoms with E-state index >= 15 is 0 Å². The van der Waals surface area contributed by atoms with Gasteiger partial charge in [-0.15, -0.1) is 0 Å². The predicted molar refractivity (Wildman–Crippen MR) is 80.8 cm³/mol. The van der Waals surface area contributed by atoms with E-state index in [9.17, 15) is 9.59 Å². The Morgan fingerprint density at radius 3 is 2.55 bits per heavy atom. The van der Waals surface area contributed by atoms with Gasteiger partial charge >= 0.3 is 0 Å². The van der Waals surface area contributed by atoms with Gasteiger partial charge in [-0.05, 0) is 39.0 Å². The molecule has 0 saturated heterocycles. The van der Waals surface area contributed by atoms with E-state index in [0.29, 0.717) is 10.7 Å². The average molecular weight is 298 g/mol. The van der Waals surface area contributed by atoms with Crippen LogP contribution in [0, 0.1) is 0 Å². The zero-order chi connectivity index (χ0) is 15.1. The summed E-state index contributed by atoms with van der Waals surface area (Å²) in [6.07, 6.45) is 0. The lowest BCUT2D eigenvalue weighted by Gasteiger charge is -2.15. The van der Waals surface area contributed by atoms with Crippen molar-refractivity contribution >= 4 is 29.1 Å². The fourth-order valence-corrected chi connectivity index (χ4v) is 1.71. The smallest absolute Gasteiger partial charge is 0.238 e. The summed E-state index contributed by atoms with van der Waals surface area (Å²) in [5.74, 6) is -0.355. The molecule has 0 aromatic heterocycles. The fourth-order valence-electron chi connectivity index (χ4n) is 1.52. The summed E-state index contributed by atoms with van der Waals surface area (Å²) in [6, 6.07) is 6.54. The van der Waals surface area contributed by atoms with Gasteiger partial charge in [-0.1, -0.05) is 17.7 Å². The summed E-state index contributed by atoms with van der Waals surface area (Å²) >= 11 is 5.83. The predicted octanol–water partition coefficient (Wildman–Crippen LogP) is 1.78. The average Bonchev–Trinajstić information content (AvgIpc) is 2.35. The minimum absolute atomic E-state index is 0.0548. The van der Waals surface area contributed by atoms with Crippen LogP contribution in [0.15, 0.2) is 24.3 Å². The lowest BCUT2D eigenvalue weighted by Crippen LogP contribution is -2.46. The van der Waals surface area contributed by atoms with Crippen molar-refractivity contribution in [1.29, 1.82) is 0 Å². The minimum atomic E-state index is -0.428. The molecule has 0 fully saturated rings. The topological polar surface area (TPSA) is 70.2 Å². The highest BCUT2D eigenvalue weighted by Crippen LogP contribution is 2.14. The highest BCUT2D eigenvalue weighted by Gasteiger charge is 2.14. The molecule has 0 aliphatic heterocycles. The molecule has 1 rings (SSSR count). The Morgan fingerprint density at radius 2 is 1.95 bits per heavy atom. The molecule has 2 amide bonds. The lowest BCUT2D eigenvalue weighted by molar-refractivity contribution is -0.123. The van der Waals surface area contributed by atoms with Crippen LogP contribution in [0.1, 0.15) is 20.8 Å². The maximum absolute atomic E-state index is 11.7. The van der Waals surface area contributed by atoms with Crippen molar-refractivity contribution in [2.24, 2.45) is 0 Å². The molecule has 0 radical (unpaired) electrons. The van der Waals surface area contributed by atoms with Crippen molar-refractivity contribution < 1.29 is 9.59 Å². The van der Waals surface area contributed by atoms with Crippen molar-refractivity contribution in [1.82, 2.24) is 10.6 Å². The third-order valence-corrected chi connectivity index (χ3v) is 2.74. The van der Waals surface area contributed by atoms with Crippen molar-refractivity contribution in [3.05, 3.63) is 29.3 Å². The summed E-state index contributed by atoms with van der Waals surface area (Å²) in [5.41, 5.74) is 0.628. The molecule has 1 aromatic rings. The second-order valence-electron chi connectivity index (χ2n) is 4.82. The van der Waals surface area contributed by atoms with Crippen LogP contribution in [0.3, 0.4) is 0 Å². The first kappa shape index (κ1) is 16.5. The highest BCUT2D eigenvalue weighted by atomic mass is 35.5. The number of hydrogen-bond acceptors (Lipinski definition) is 3. The fraction of sp³-hybridized carbons (Fsp3) is 0.429. The number of halogens is 1. The number of carbonyl (C=O) groups excluding carboxylic acids is 2. The molecule has 110 valence electrons. The molecule has 1 atom stereocenters. The molecular weight excluding hydrogens is 278 g/mol. The second-order valence-corrected chi connectivity index (χ2v) is 5.26. The Bertz CT molecular complexity index is 477. The third kappa shape index (κ3) is 6.04. The quantitative estimate of drug-likeness (QED) is 0.749. The standard InChI is InChI=1S/C14H20ClN3O2/c1-9(2)17-14(20)10(3)16-8-13(19)18-12-6-4-5-11(15)7-12/h4-7,9-10,16H,8H2,1-3H3,(H,17,20)(H,18,19). The van der Waals surface area contributed by atoms with Gasteiger partial charge in [0.15, 0.2) is 0 Å². The lowest BCUT2D eigenvalue weighted by atomic mass is 10.2. The Labute approximate surface area is 124 Å². The Hall–Kier alpha value is -1.59. The Balaban J connectivity index is 2.38. The normalized spacial score (nSPS) is 12.1. The number of amides is 2. The van der Waals surface area contributed by atoms with Gasteiger partial charge in [-0.25, -0.2) is 0 Å². The molecule has 5 nitrogen and oxygen atoms in total. The van der Waals surface area contributed by atoms with E-state index in [0.717, 1.165) is 0 Å². The molecule has 0 spiro atoms. The maximum Gasteiger partial charge on any atom is 0.238 e. The Morgan fingerprint density at radius 1 is 1.25 bits per heavy atom. The maximum atomic E-state index is 11.7. The molecule has 6 heteroatoms. The highest BCUT2D eigenvalue weighted by molar-refractivity contribution is 6.30. The van der Waals surface area contributed by atoms with Gasteiger partial charge in [-0.3, -0.25) is 14.9 Å². The van der Waals surface area contributed by atoms with Crippen LogP contribution in [0.25, 0.3) is 0 Å². The first-order valence-corrected chi connectivity index (χ1v) is 6.85. The van der Waals surface area contributed by atoms with Crippen molar-refractivity contribution in [2.75, 3.05) is 11.9 Å². The minimum Gasteiger partial charge on any atom is -0.353 e. The molecule has 0 aliphatic rings. The molecule has 1 unspecified atom stereocenters. The molecule has 20 heavy (non-hydrogen) atoms. The molecule has 0 heterocycles. The third-order valence-electron chi connectivity index (χ3n) is 2.50. The first-order valence-electron chi connectivity index (χ1n) is 6.47. The van der Waals surface area contributed by atoms with E-state index in [4.69, 9.17) is 11.6 Å². The summed E-state index contributed by atoms with van der Waals surface area (Å²) in [6.45, 7) is 5.54. The van der Waals surface area contributed by atoms with E-state index < -0.39 is 6.04 Å². The SMILES string of the molecule is CC(C)NC(=O)C(C)NCC(=O)Nc1cccc(Cl)c1. The van der Waals surface area contributed by atoms with Crippen LogP contribution < -0.4 is 16.0 Å². The summed E-state index contributed by atoms with van der Waals surface area (Å²) in [4.78, 5) is 23.4. The van der Waals surface area contributed by atoms with Crippen LogP contribution >= 0.6 is 11.6 Å². The molecular formula is C14H20ClN3O2. The van der Waals surface area contributed by atoms with E-state index in [1.165, 1.54) is 0 Å². The summed E-state index contributed by atoms with van der Waals surface area (Å²) in [7, 11) is 0. The number of carbonyl (C=O) groups is 2. The van der Waals surface area contributed by atoms with Crippen molar-refractivity contribution in [2.45, 2.75) is 32.9 Å². The van der Waals surface area contributed by atoms with E-state index in [2.05, 4.69) is 16.0 Å². The molecule has 1 aromatic carbocycles. The molecule has 3 N–H and O–H groups in total. The van der Waals surface area contributed by atoms with Gasteiger partial charge in [0.25, 0.3) is 0 Å². The summed E-state index contributed by atoms with van der Waals surface area (Å²) in [5, 5.41) is 8.89. The van der Waals surface area contributed by atoms with Gasteiger partial charge in [0.2, 0.25) is 11.8 Å². The van der Waals surface area contributed by atoms with Gasteiger partial charge in [-0.2, -0.15) is 0 Å². The number of anilines is 1. The monoisotopic (exact) mass is 297 g/mol. The molecule has 0 bridgehead atoms. The molecule has 0 aliphatic carbocycles. The molecule has 0 saturated carbocycles. The number of rotatable bonds is 6. The van der Waals surface area contributed by atoms with E-state index in [-0.39, 0.29) is 24.4 Å². The number of benzene rings is 1.